The van der Waals surface area contributed by atoms with E-state index in [0.717, 1.165) is 16.7 Å². The van der Waals surface area contributed by atoms with Gasteiger partial charge in [-0.25, -0.2) is 0 Å². The highest BCUT2D eigenvalue weighted by atomic mass is 16.5. The molecule has 4 heteroatoms. The SMILES string of the molecule is COc1ccc2c(c1)C(=O)N(Cc1ccccc1)C(=O)C2c1ccccc1. The normalized spacial score (nSPS) is 16.2. The summed E-state index contributed by atoms with van der Waals surface area (Å²) < 4.78 is 5.29. The second kappa shape index (κ2) is 7.08. The number of carbonyl (C=O) groups is 2. The Balaban J connectivity index is 1.83. The molecule has 1 heterocycles. The first kappa shape index (κ1) is 17.0. The van der Waals surface area contributed by atoms with Gasteiger partial charge in [0.2, 0.25) is 5.91 Å². The molecule has 0 saturated heterocycles. The number of imide groups is 1. The van der Waals surface area contributed by atoms with E-state index < -0.39 is 5.92 Å². The lowest BCUT2D eigenvalue weighted by molar-refractivity contribution is -0.130. The van der Waals surface area contributed by atoms with E-state index in [4.69, 9.17) is 4.74 Å². The maximum absolute atomic E-state index is 13.3. The zero-order chi connectivity index (χ0) is 18.8. The fraction of sp³-hybridized carbons (Fsp3) is 0.130. The first-order valence-electron chi connectivity index (χ1n) is 8.81. The van der Waals surface area contributed by atoms with Gasteiger partial charge in [-0.2, -0.15) is 0 Å². The Hall–Kier alpha value is -3.40. The van der Waals surface area contributed by atoms with Crippen molar-refractivity contribution in [3.05, 3.63) is 101 Å². The van der Waals surface area contributed by atoms with Gasteiger partial charge in [-0.15, -0.1) is 0 Å². The van der Waals surface area contributed by atoms with Gasteiger partial charge in [-0.1, -0.05) is 66.7 Å². The van der Waals surface area contributed by atoms with Gasteiger partial charge in [0.1, 0.15) is 5.75 Å². The average Bonchev–Trinajstić information content (AvgIpc) is 2.72. The van der Waals surface area contributed by atoms with Crippen molar-refractivity contribution in [2.75, 3.05) is 7.11 Å². The Morgan fingerprint density at radius 2 is 1.56 bits per heavy atom. The number of benzene rings is 3. The second-order valence-electron chi connectivity index (χ2n) is 6.51. The van der Waals surface area contributed by atoms with Gasteiger partial charge < -0.3 is 4.74 Å². The van der Waals surface area contributed by atoms with Gasteiger partial charge in [-0.05, 0) is 28.8 Å². The summed E-state index contributed by atoms with van der Waals surface area (Å²) in [6.45, 7) is 0.249. The summed E-state index contributed by atoms with van der Waals surface area (Å²) in [5.74, 6) is -0.394. The molecule has 1 aliphatic rings. The lowest BCUT2D eigenvalue weighted by Crippen LogP contribution is -2.44. The van der Waals surface area contributed by atoms with Gasteiger partial charge in [0, 0.05) is 5.56 Å². The minimum Gasteiger partial charge on any atom is -0.497 e. The smallest absolute Gasteiger partial charge is 0.261 e. The molecule has 0 fully saturated rings. The van der Waals surface area contributed by atoms with E-state index in [2.05, 4.69) is 0 Å². The highest BCUT2D eigenvalue weighted by Crippen LogP contribution is 2.36. The molecule has 0 saturated carbocycles. The van der Waals surface area contributed by atoms with Crippen LogP contribution in [0.15, 0.2) is 78.9 Å². The standard InChI is InChI=1S/C23H19NO3/c1-27-18-12-13-19-20(14-18)22(25)24(15-16-8-4-2-5-9-16)23(26)21(19)17-10-6-3-7-11-17/h2-14,21H,15H2,1H3. The van der Waals surface area contributed by atoms with E-state index in [1.807, 2.05) is 66.7 Å². The summed E-state index contributed by atoms with van der Waals surface area (Å²) >= 11 is 0. The first-order chi connectivity index (χ1) is 13.2. The maximum atomic E-state index is 13.3. The number of hydrogen-bond acceptors (Lipinski definition) is 3. The van der Waals surface area contributed by atoms with Crippen molar-refractivity contribution in [3.63, 3.8) is 0 Å². The Morgan fingerprint density at radius 1 is 0.889 bits per heavy atom. The molecule has 2 amide bonds. The quantitative estimate of drug-likeness (QED) is 0.663. The third kappa shape index (κ3) is 3.10. The summed E-state index contributed by atoms with van der Waals surface area (Å²) in [7, 11) is 1.57. The lowest BCUT2D eigenvalue weighted by atomic mass is 9.83. The van der Waals surface area contributed by atoms with Crippen LogP contribution in [0.5, 0.6) is 5.75 Å². The van der Waals surface area contributed by atoms with Crippen LogP contribution in [0.3, 0.4) is 0 Å². The molecule has 0 radical (unpaired) electrons. The van der Waals surface area contributed by atoms with Crippen molar-refractivity contribution >= 4 is 11.8 Å². The monoisotopic (exact) mass is 357 g/mol. The van der Waals surface area contributed by atoms with E-state index in [0.29, 0.717) is 11.3 Å². The highest BCUT2D eigenvalue weighted by Gasteiger charge is 2.39. The van der Waals surface area contributed by atoms with E-state index >= 15 is 0 Å². The number of nitrogens with zero attached hydrogens (tertiary/aromatic N) is 1. The van der Waals surface area contributed by atoms with Crippen molar-refractivity contribution in [1.82, 2.24) is 4.90 Å². The Morgan fingerprint density at radius 3 is 2.22 bits per heavy atom. The average molecular weight is 357 g/mol. The molecule has 134 valence electrons. The van der Waals surface area contributed by atoms with Crippen LogP contribution in [0, 0.1) is 0 Å². The number of ether oxygens (including phenoxy) is 1. The van der Waals surface area contributed by atoms with Crippen molar-refractivity contribution in [1.29, 1.82) is 0 Å². The number of methoxy groups -OCH3 is 1. The summed E-state index contributed by atoms with van der Waals surface area (Å²) in [5.41, 5.74) is 3.02. The van der Waals surface area contributed by atoms with Gasteiger partial charge in [0.25, 0.3) is 5.91 Å². The Bertz CT molecular complexity index is 983. The van der Waals surface area contributed by atoms with Gasteiger partial charge in [-0.3, -0.25) is 14.5 Å². The second-order valence-corrected chi connectivity index (χ2v) is 6.51. The molecule has 0 spiro atoms. The van der Waals surface area contributed by atoms with Crippen LogP contribution in [0.25, 0.3) is 0 Å². The topological polar surface area (TPSA) is 46.6 Å². The minimum atomic E-state index is -0.506. The van der Waals surface area contributed by atoms with E-state index in [-0.39, 0.29) is 18.4 Å². The Labute approximate surface area is 158 Å². The minimum absolute atomic E-state index is 0.201. The zero-order valence-electron chi connectivity index (χ0n) is 15.0. The van der Waals surface area contributed by atoms with Crippen LogP contribution in [0.1, 0.15) is 33.0 Å². The molecule has 0 aliphatic carbocycles. The number of hydrogen-bond donors (Lipinski definition) is 0. The van der Waals surface area contributed by atoms with Crippen molar-refractivity contribution < 1.29 is 14.3 Å². The van der Waals surface area contributed by atoms with Crippen LogP contribution in [0.2, 0.25) is 0 Å². The molecule has 27 heavy (non-hydrogen) atoms. The molecule has 1 aliphatic heterocycles. The predicted molar refractivity (Wildman–Crippen MR) is 103 cm³/mol. The third-order valence-electron chi connectivity index (χ3n) is 4.88. The van der Waals surface area contributed by atoms with Gasteiger partial charge >= 0.3 is 0 Å². The third-order valence-corrected chi connectivity index (χ3v) is 4.88. The van der Waals surface area contributed by atoms with Gasteiger partial charge in [0.05, 0.1) is 19.6 Å². The molecule has 0 N–H and O–H groups in total. The van der Waals surface area contributed by atoms with E-state index in [1.54, 1.807) is 19.2 Å². The fourth-order valence-electron chi connectivity index (χ4n) is 3.52. The van der Waals surface area contributed by atoms with Gasteiger partial charge in [0.15, 0.2) is 0 Å². The molecule has 1 atom stereocenters. The molecule has 4 nitrogen and oxygen atoms in total. The largest absolute Gasteiger partial charge is 0.497 e. The highest BCUT2D eigenvalue weighted by molar-refractivity contribution is 6.12. The summed E-state index contributed by atoms with van der Waals surface area (Å²) in [6, 6.07) is 24.5. The van der Waals surface area contributed by atoms with E-state index in [9.17, 15) is 9.59 Å². The van der Waals surface area contributed by atoms with Crippen molar-refractivity contribution in [3.8, 4) is 5.75 Å². The molecule has 3 aromatic rings. The number of rotatable bonds is 4. The van der Waals surface area contributed by atoms with E-state index in [1.165, 1.54) is 4.90 Å². The number of fused-ring (bicyclic) bond motifs is 1. The van der Waals surface area contributed by atoms with Crippen LogP contribution < -0.4 is 4.74 Å². The molecule has 0 aromatic heterocycles. The number of amides is 2. The summed E-state index contributed by atoms with van der Waals surface area (Å²) in [5, 5.41) is 0. The molecular formula is C23H19NO3. The molecule has 1 unspecified atom stereocenters. The Kier molecular flexibility index (Phi) is 4.47. The first-order valence-corrected chi connectivity index (χ1v) is 8.81. The van der Waals surface area contributed by atoms with Crippen LogP contribution >= 0.6 is 0 Å². The predicted octanol–water partition coefficient (Wildman–Crippen LogP) is 4.01. The summed E-state index contributed by atoms with van der Waals surface area (Å²) in [6.07, 6.45) is 0. The molecule has 4 rings (SSSR count). The summed E-state index contributed by atoms with van der Waals surface area (Å²) in [4.78, 5) is 27.8. The molecule has 0 bridgehead atoms. The fourth-order valence-corrected chi connectivity index (χ4v) is 3.52. The molecular weight excluding hydrogens is 338 g/mol. The zero-order valence-corrected chi connectivity index (χ0v) is 15.0. The maximum Gasteiger partial charge on any atom is 0.261 e. The van der Waals surface area contributed by atoms with Crippen LogP contribution in [-0.2, 0) is 11.3 Å². The van der Waals surface area contributed by atoms with Crippen LogP contribution in [0.4, 0.5) is 0 Å². The van der Waals surface area contributed by atoms with Crippen molar-refractivity contribution in [2.45, 2.75) is 12.5 Å². The van der Waals surface area contributed by atoms with Crippen LogP contribution in [-0.4, -0.2) is 23.8 Å². The van der Waals surface area contributed by atoms with Crippen molar-refractivity contribution in [2.24, 2.45) is 0 Å². The lowest BCUT2D eigenvalue weighted by Gasteiger charge is -2.33. The molecule has 3 aromatic carbocycles. The number of carbonyl (C=O) groups excluding carboxylic acids is 2.